The molecule has 0 aliphatic carbocycles. The molecule has 5 nitrogen and oxygen atoms in total. The van der Waals surface area contributed by atoms with Gasteiger partial charge in [-0.2, -0.15) is 16.1 Å². The summed E-state index contributed by atoms with van der Waals surface area (Å²) in [5.74, 6) is 1.77. The highest BCUT2D eigenvalue weighted by Gasteiger charge is 2.27. The lowest BCUT2D eigenvalue weighted by molar-refractivity contribution is 0.443. The Morgan fingerprint density at radius 1 is 1.37 bits per heavy atom. The van der Waals surface area contributed by atoms with Crippen LogP contribution in [0.3, 0.4) is 0 Å². The summed E-state index contributed by atoms with van der Waals surface area (Å²) in [6, 6.07) is 1.79. The molecule has 108 valence electrons. The zero-order chi connectivity index (χ0) is 13.9. The van der Waals surface area contributed by atoms with Crippen molar-refractivity contribution >= 4 is 21.8 Å². The van der Waals surface area contributed by atoms with Crippen LogP contribution in [0.2, 0.25) is 0 Å². The van der Waals surface area contributed by atoms with E-state index in [0.717, 1.165) is 23.7 Å². The van der Waals surface area contributed by atoms with Gasteiger partial charge in [-0.15, -0.1) is 0 Å². The van der Waals surface area contributed by atoms with Gasteiger partial charge in [-0.05, 0) is 20.0 Å². The lowest BCUT2D eigenvalue weighted by atomic mass is 10.4. The van der Waals surface area contributed by atoms with Crippen molar-refractivity contribution in [2.24, 2.45) is 0 Å². The molecule has 1 saturated heterocycles. The van der Waals surface area contributed by atoms with E-state index < -0.39 is 10.0 Å². The smallest absolute Gasteiger partial charge is 0.244 e. The second kappa shape index (κ2) is 6.30. The summed E-state index contributed by atoms with van der Waals surface area (Å²) in [5.41, 5.74) is 1.01. The molecule has 1 fully saturated rings. The standard InChI is InChI=1S/C12H21N3O2S2/c1-3-14-10-12(8-11(14)9-13-2)19(16,17)15-4-6-18-7-5-15/h8,10,13H,3-7,9H2,1-2H3. The Labute approximate surface area is 119 Å². The predicted molar refractivity (Wildman–Crippen MR) is 79.0 cm³/mol. The molecule has 0 bridgehead atoms. The van der Waals surface area contributed by atoms with Gasteiger partial charge in [-0.25, -0.2) is 8.42 Å². The molecule has 0 spiro atoms. The van der Waals surface area contributed by atoms with Crippen LogP contribution in [0.1, 0.15) is 12.6 Å². The first-order chi connectivity index (χ1) is 9.09. The number of hydrogen-bond acceptors (Lipinski definition) is 4. The number of nitrogens with one attached hydrogen (secondary N) is 1. The van der Waals surface area contributed by atoms with Crippen molar-refractivity contribution < 1.29 is 8.42 Å². The third-order valence-electron chi connectivity index (χ3n) is 3.27. The van der Waals surface area contributed by atoms with Crippen molar-refractivity contribution in [2.45, 2.75) is 24.9 Å². The topological polar surface area (TPSA) is 54.3 Å². The van der Waals surface area contributed by atoms with Crippen LogP contribution in [0.4, 0.5) is 0 Å². The van der Waals surface area contributed by atoms with Crippen LogP contribution in [0.25, 0.3) is 0 Å². The van der Waals surface area contributed by atoms with Crippen molar-refractivity contribution in [2.75, 3.05) is 31.6 Å². The second-order valence-electron chi connectivity index (χ2n) is 4.50. The number of thioether (sulfide) groups is 1. The van der Waals surface area contributed by atoms with Gasteiger partial charge in [-0.1, -0.05) is 0 Å². The second-order valence-corrected chi connectivity index (χ2v) is 7.66. The largest absolute Gasteiger partial charge is 0.349 e. The monoisotopic (exact) mass is 303 g/mol. The lowest BCUT2D eigenvalue weighted by Gasteiger charge is -2.25. The first-order valence-electron chi connectivity index (χ1n) is 6.51. The van der Waals surface area contributed by atoms with Gasteiger partial charge in [0.15, 0.2) is 0 Å². The molecule has 1 N–H and O–H groups in total. The molecular weight excluding hydrogens is 282 g/mol. The van der Waals surface area contributed by atoms with Crippen LogP contribution in [-0.2, 0) is 23.1 Å². The van der Waals surface area contributed by atoms with Crippen molar-refractivity contribution in [3.8, 4) is 0 Å². The van der Waals surface area contributed by atoms with Gasteiger partial charge in [0.05, 0.1) is 0 Å². The zero-order valence-corrected chi connectivity index (χ0v) is 13.1. The van der Waals surface area contributed by atoms with E-state index >= 15 is 0 Å². The Hall–Kier alpha value is -0.500. The van der Waals surface area contributed by atoms with Gasteiger partial charge in [0.2, 0.25) is 10.0 Å². The molecule has 1 aromatic rings. The highest BCUT2D eigenvalue weighted by molar-refractivity contribution is 7.99. The van der Waals surface area contributed by atoms with Gasteiger partial charge in [0, 0.05) is 49.6 Å². The zero-order valence-electron chi connectivity index (χ0n) is 11.4. The van der Waals surface area contributed by atoms with E-state index in [-0.39, 0.29) is 0 Å². The van der Waals surface area contributed by atoms with Crippen molar-refractivity contribution in [1.29, 1.82) is 0 Å². The average Bonchev–Trinajstić information content (AvgIpc) is 2.84. The fraction of sp³-hybridized carbons (Fsp3) is 0.667. The summed E-state index contributed by atoms with van der Waals surface area (Å²) in [5, 5.41) is 3.07. The highest BCUT2D eigenvalue weighted by atomic mass is 32.2. The maximum atomic E-state index is 12.6. The summed E-state index contributed by atoms with van der Waals surface area (Å²) in [4.78, 5) is 0.423. The molecule has 0 unspecified atom stereocenters. The fourth-order valence-corrected chi connectivity index (χ4v) is 4.87. The molecule has 0 amide bonds. The van der Waals surface area contributed by atoms with Crippen molar-refractivity contribution in [3.05, 3.63) is 18.0 Å². The Morgan fingerprint density at radius 3 is 2.63 bits per heavy atom. The summed E-state index contributed by atoms with van der Waals surface area (Å²) in [6.45, 7) is 4.71. The maximum Gasteiger partial charge on any atom is 0.244 e. The summed E-state index contributed by atoms with van der Waals surface area (Å²) in [7, 11) is -1.46. The molecule has 0 atom stereocenters. The van der Waals surface area contributed by atoms with E-state index in [1.807, 2.05) is 30.3 Å². The van der Waals surface area contributed by atoms with Gasteiger partial charge in [-0.3, -0.25) is 0 Å². The van der Waals surface area contributed by atoms with E-state index in [1.165, 1.54) is 0 Å². The van der Waals surface area contributed by atoms with Crippen LogP contribution < -0.4 is 5.32 Å². The first kappa shape index (κ1) is 14.9. The molecule has 1 aliphatic rings. The maximum absolute atomic E-state index is 12.6. The third-order valence-corrected chi connectivity index (χ3v) is 6.07. The molecule has 0 radical (unpaired) electrons. The van der Waals surface area contributed by atoms with Gasteiger partial charge >= 0.3 is 0 Å². The summed E-state index contributed by atoms with van der Waals surface area (Å²) >= 11 is 1.81. The van der Waals surface area contributed by atoms with E-state index in [4.69, 9.17) is 0 Å². The van der Waals surface area contributed by atoms with Gasteiger partial charge < -0.3 is 9.88 Å². The Bertz CT molecular complexity index is 519. The van der Waals surface area contributed by atoms with Gasteiger partial charge in [0.1, 0.15) is 4.90 Å². The Morgan fingerprint density at radius 2 is 2.05 bits per heavy atom. The van der Waals surface area contributed by atoms with Crippen LogP contribution >= 0.6 is 11.8 Å². The minimum atomic E-state index is -3.32. The van der Waals surface area contributed by atoms with Crippen molar-refractivity contribution in [1.82, 2.24) is 14.2 Å². The molecule has 19 heavy (non-hydrogen) atoms. The van der Waals surface area contributed by atoms with Crippen LogP contribution in [0, 0.1) is 0 Å². The fourth-order valence-electron chi connectivity index (χ4n) is 2.23. The molecule has 7 heteroatoms. The average molecular weight is 303 g/mol. The SMILES string of the molecule is CCn1cc(S(=O)(=O)N2CCSCC2)cc1CNC. The van der Waals surface area contributed by atoms with Crippen LogP contribution in [0.15, 0.2) is 17.2 Å². The van der Waals surface area contributed by atoms with E-state index in [1.54, 1.807) is 16.6 Å². The quantitative estimate of drug-likeness (QED) is 0.880. The highest BCUT2D eigenvalue weighted by Crippen LogP contribution is 2.22. The van der Waals surface area contributed by atoms with Crippen LogP contribution in [0.5, 0.6) is 0 Å². The van der Waals surface area contributed by atoms with Crippen molar-refractivity contribution in [3.63, 3.8) is 0 Å². The molecular formula is C12H21N3O2S2. The number of aryl methyl sites for hydroxylation is 1. The minimum Gasteiger partial charge on any atom is -0.349 e. The Balaban J connectivity index is 2.29. The Kier molecular flexibility index (Phi) is 4.94. The molecule has 2 rings (SSSR count). The minimum absolute atomic E-state index is 0.423. The molecule has 2 heterocycles. The number of hydrogen-bond donors (Lipinski definition) is 1. The molecule has 0 saturated carbocycles. The number of nitrogens with zero attached hydrogens (tertiary/aromatic N) is 2. The summed E-state index contributed by atoms with van der Waals surface area (Å²) < 4.78 is 28.7. The molecule has 1 aliphatic heterocycles. The summed E-state index contributed by atoms with van der Waals surface area (Å²) in [6.07, 6.45) is 1.75. The molecule has 1 aromatic heterocycles. The number of sulfonamides is 1. The van der Waals surface area contributed by atoms with E-state index in [9.17, 15) is 8.42 Å². The third kappa shape index (κ3) is 3.16. The van der Waals surface area contributed by atoms with Gasteiger partial charge in [0.25, 0.3) is 0 Å². The van der Waals surface area contributed by atoms with E-state index in [2.05, 4.69) is 5.32 Å². The number of aromatic nitrogens is 1. The molecule has 0 aromatic carbocycles. The van der Waals surface area contributed by atoms with Crippen LogP contribution in [-0.4, -0.2) is 48.9 Å². The lowest BCUT2D eigenvalue weighted by Crippen LogP contribution is -2.37. The normalized spacial score (nSPS) is 17.8. The van der Waals surface area contributed by atoms with E-state index in [0.29, 0.717) is 24.5 Å². The first-order valence-corrected chi connectivity index (χ1v) is 9.10. The number of rotatable bonds is 5. The predicted octanol–water partition coefficient (Wildman–Crippen LogP) is 0.965.